The van der Waals surface area contributed by atoms with E-state index >= 15 is 0 Å². The summed E-state index contributed by atoms with van der Waals surface area (Å²) < 4.78 is 0. The minimum Gasteiger partial charge on any atom is -0.352 e. The fourth-order valence-electron chi connectivity index (χ4n) is 3.68. The van der Waals surface area contributed by atoms with Gasteiger partial charge in [0.05, 0.1) is 5.41 Å². The van der Waals surface area contributed by atoms with Crippen molar-refractivity contribution in [3.05, 3.63) is 35.9 Å². The molecule has 2 N–H and O–H groups in total. The molecule has 2 aliphatic rings. The largest absolute Gasteiger partial charge is 0.352 e. The highest BCUT2D eigenvalue weighted by molar-refractivity contribution is 5.94. The van der Waals surface area contributed by atoms with Crippen molar-refractivity contribution in [2.45, 2.75) is 45.3 Å². The topological polar surface area (TPSA) is 61.4 Å². The Hall–Kier alpha value is -1.88. The summed E-state index contributed by atoms with van der Waals surface area (Å²) in [5, 5.41) is 5.79. The third kappa shape index (κ3) is 3.39. The first-order valence-corrected chi connectivity index (χ1v) is 8.36. The van der Waals surface area contributed by atoms with Crippen LogP contribution in [0.15, 0.2) is 30.3 Å². The van der Waals surface area contributed by atoms with E-state index in [1.54, 1.807) is 0 Å². The predicted molar refractivity (Wildman–Crippen MR) is 88.6 cm³/mol. The van der Waals surface area contributed by atoms with E-state index in [0.717, 1.165) is 26.1 Å². The van der Waals surface area contributed by atoms with Crippen LogP contribution in [0.1, 0.15) is 32.3 Å². The predicted octanol–water partition coefficient (Wildman–Crippen LogP) is 1.29. The third-order valence-electron chi connectivity index (χ3n) is 4.81. The van der Waals surface area contributed by atoms with Gasteiger partial charge in [-0.05, 0) is 38.8 Å². The van der Waals surface area contributed by atoms with Gasteiger partial charge in [0.1, 0.15) is 6.04 Å². The van der Waals surface area contributed by atoms with E-state index in [1.807, 2.05) is 32.0 Å². The Morgan fingerprint density at radius 3 is 2.83 bits per heavy atom. The summed E-state index contributed by atoms with van der Waals surface area (Å²) in [6, 6.07) is 10.0. The SMILES string of the molecule is CC(C)NC(=O)[C@@H]1C[C@@]2(CCN(Cc3ccccc3)C2)C(=O)N1. The number of amides is 2. The highest BCUT2D eigenvalue weighted by Crippen LogP contribution is 2.40. The Labute approximate surface area is 137 Å². The van der Waals surface area contributed by atoms with E-state index in [4.69, 9.17) is 0 Å². The van der Waals surface area contributed by atoms with Crippen molar-refractivity contribution in [1.29, 1.82) is 0 Å². The van der Waals surface area contributed by atoms with Gasteiger partial charge >= 0.3 is 0 Å². The van der Waals surface area contributed by atoms with Gasteiger partial charge in [-0.15, -0.1) is 0 Å². The van der Waals surface area contributed by atoms with Gasteiger partial charge in [-0.1, -0.05) is 30.3 Å². The molecule has 2 saturated heterocycles. The standard InChI is InChI=1S/C18H25N3O2/c1-13(2)19-16(22)15-10-18(17(23)20-15)8-9-21(12-18)11-14-6-4-3-5-7-14/h3-7,13,15H,8-12H2,1-2H3,(H,19,22)(H,20,23)/t15-,18+/m0/s1. The molecule has 5 nitrogen and oxygen atoms in total. The average Bonchev–Trinajstić information content (AvgIpc) is 3.05. The highest BCUT2D eigenvalue weighted by Gasteiger charge is 2.52. The first kappa shape index (κ1) is 16.0. The second-order valence-corrected chi connectivity index (χ2v) is 7.12. The van der Waals surface area contributed by atoms with E-state index < -0.39 is 5.41 Å². The lowest BCUT2D eigenvalue weighted by Crippen LogP contribution is -2.44. The minimum absolute atomic E-state index is 0.0389. The summed E-state index contributed by atoms with van der Waals surface area (Å²) in [4.78, 5) is 27.0. The van der Waals surface area contributed by atoms with Crippen molar-refractivity contribution in [2.75, 3.05) is 13.1 Å². The van der Waals surface area contributed by atoms with Crippen LogP contribution in [0, 0.1) is 5.41 Å². The zero-order chi connectivity index (χ0) is 16.4. The molecular formula is C18H25N3O2. The summed E-state index contributed by atoms with van der Waals surface area (Å²) >= 11 is 0. The van der Waals surface area contributed by atoms with Gasteiger partial charge in [0.15, 0.2) is 0 Å². The quantitative estimate of drug-likeness (QED) is 0.880. The number of nitrogens with one attached hydrogen (secondary N) is 2. The molecule has 2 amide bonds. The summed E-state index contributed by atoms with van der Waals surface area (Å²) in [7, 11) is 0. The maximum absolute atomic E-state index is 12.5. The fourth-order valence-corrected chi connectivity index (χ4v) is 3.68. The first-order chi connectivity index (χ1) is 11.0. The van der Waals surface area contributed by atoms with E-state index in [1.165, 1.54) is 5.56 Å². The number of hydrogen-bond acceptors (Lipinski definition) is 3. The highest BCUT2D eigenvalue weighted by atomic mass is 16.2. The molecule has 1 aromatic carbocycles. The first-order valence-electron chi connectivity index (χ1n) is 8.36. The van der Waals surface area contributed by atoms with Crippen molar-refractivity contribution in [3.8, 4) is 0 Å². The van der Waals surface area contributed by atoms with Gasteiger partial charge < -0.3 is 10.6 Å². The van der Waals surface area contributed by atoms with Crippen LogP contribution in [0.3, 0.4) is 0 Å². The van der Waals surface area contributed by atoms with Crippen molar-refractivity contribution >= 4 is 11.8 Å². The van der Waals surface area contributed by atoms with Gasteiger partial charge in [0, 0.05) is 19.1 Å². The molecule has 0 unspecified atom stereocenters. The number of likely N-dealkylation sites (tertiary alicyclic amines) is 1. The zero-order valence-electron chi connectivity index (χ0n) is 13.8. The molecule has 124 valence electrons. The van der Waals surface area contributed by atoms with Crippen LogP contribution in [0.25, 0.3) is 0 Å². The average molecular weight is 315 g/mol. The molecule has 23 heavy (non-hydrogen) atoms. The smallest absolute Gasteiger partial charge is 0.242 e. The lowest BCUT2D eigenvalue weighted by Gasteiger charge is -2.21. The molecule has 2 atom stereocenters. The minimum atomic E-state index is -0.395. The summed E-state index contributed by atoms with van der Waals surface area (Å²) in [5.74, 6) is -0.0243. The van der Waals surface area contributed by atoms with Crippen LogP contribution < -0.4 is 10.6 Å². The van der Waals surface area contributed by atoms with E-state index in [-0.39, 0.29) is 23.9 Å². The van der Waals surface area contributed by atoms with Crippen LogP contribution in [0.2, 0.25) is 0 Å². The summed E-state index contributed by atoms with van der Waals surface area (Å²) in [6.45, 7) is 6.36. The van der Waals surface area contributed by atoms with E-state index in [0.29, 0.717) is 6.42 Å². The van der Waals surface area contributed by atoms with Crippen LogP contribution in [-0.4, -0.2) is 41.9 Å². The van der Waals surface area contributed by atoms with Crippen LogP contribution in [0.5, 0.6) is 0 Å². The molecule has 0 bridgehead atoms. The molecule has 2 heterocycles. The number of benzene rings is 1. The van der Waals surface area contributed by atoms with Crippen molar-refractivity contribution in [1.82, 2.24) is 15.5 Å². The van der Waals surface area contributed by atoms with Gasteiger partial charge in [-0.3, -0.25) is 14.5 Å². The maximum Gasteiger partial charge on any atom is 0.242 e. The Kier molecular flexibility index (Phi) is 4.39. The second kappa shape index (κ2) is 6.32. The maximum atomic E-state index is 12.5. The number of carbonyl (C=O) groups is 2. The molecule has 2 fully saturated rings. The Bertz CT molecular complexity index is 587. The summed E-state index contributed by atoms with van der Waals surface area (Å²) in [6.07, 6.45) is 1.44. The number of nitrogens with zero attached hydrogens (tertiary/aromatic N) is 1. The molecule has 2 aliphatic heterocycles. The molecule has 0 aliphatic carbocycles. The van der Waals surface area contributed by atoms with Crippen LogP contribution >= 0.6 is 0 Å². The third-order valence-corrected chi connectivity index (χ3v) is 4.81. The fraction of sp³-hybridized carbons (Fsp3) is 0.556. The molecule has 3 rings (SSSR count). The molecular weight excluding hydrogens is 290 g/mol. The summed E-state index contributed by atoms with van der Waals surface area (Å²) in [5.41, 5.74) is 0.866. The molecule has 0 radical (unpaired) electrons. The number of rotatable bonds is 4. The Balaban J connectivity index is 1.62. The van der Waals surface area contributed by atoms with Crippen molar-refractivity contribution in [2.24, 2.45) is 5.41 Å². The Morgan fingerprint density at radius 1 is 1.39 bits per heavy atom. The van der Waals surface area contributed by atoms with Gasteiger partial charge in [-0.2, -0.15) is 0 Å². The van der Waals surface area contributed by atoms with Gasteiger partial charge in [0.25, 0.3) is 0 Å². The lowest BCUT2D eigenvalue weighted by atomic mass is 9.84. The molecule has 0 aromatic heterocycles. The number of hydrogen-bond donors (Lipinski definition) is 2. The molecule has 1 spiro atoms. The molecule has 1 aromatic rings. The van der Waals surface area contributed by atoms with Crippen molar-refractivity contribution in [3.63, 3.8) is 0 Å². The van der Waals surface area contributed by atoms with Gasteiger partial charge in [-0.25, -0.2) is 0 Å². The monoisotopic (exact) mass is 315 g/mol. The van der Waals surface area contributed by atoms with E-state index in [2.05, 4.69) is 27.7 Å². The number of carbonyl (C=O) groups excluding carboxylic acids is 2. The van der Waals surface area contributed by atoms with Gasteiger partial charge in [0.2, 0.25) is 11.8 Å². The normalized spacial score (nSPS) is 27.6. The second-order valence-electron chi connectivity index (χ2n) is 7.12. The van der Waals surface area contributed by atoms with Crippen LogP contribution in [-0.2, 0) is 16.1 Å². The van der Waals surface area contributed by atoms with Crippen LogP contribution in [0.4, 0.5) is 0 Å². The van der Waals surface area contributed by atoms with E-state index in [9.17, 15) is 9.59 Å². The lowest BCUT2D eigenvalue weighted by molar-refractivity contribution is -0.128. The molecule has 5 heteroatoms. The van der Waals surface area contributed by atoms with Crippen molar-refractivity contribution < 1.29 is 9.59 Å². The zero-order valence-corrected chi connectivity index (χ0v) is 13.8. The molecule has 0 saturated carbocycles. The Morgan fingerprint density at radius 2 is 2.13 bits per heavy atom.